The number of unbranched alkanes of at least 4 members (excludes halogenated alkanes) is 3. The molecule has 0 bridgehead atoms. The molecule has 0 atom stereocenters. The summed E-state index contributed by atoms with van der Waals surface area (Å²) in [7, 11) is 0. The second-order valence-electron chi connectivity index (χ2n) is 6.24. The number of hydrogen-bond donors (Lipinski definition) is 1. The van der Waals surface area contributed by atoms with E-state index in [0.717, 1.165) is 25.7 Å². The first-order valence-corrected chi connectivity index (χ1v) is 8.99. The Kier molecular flexibility index (Phi) is 11.4. The lowest BCUT2D eigenvalue weighted by Crippen LogP contribution is -2.25. The molecule has 2 nitrogen and oxygen atoms in total. The Balaban J connectivity index is 2.06. The van der Waals surface area contributed by atoms with Crippen molar-refractivity contribution in [2.24, 2.45) is 5.92 Å². The highest BCUT2D eigenvalue weighted by Crippen LogP contribution is 2.01. The lowest BCUT2D eigenvalue weighted by atomic mass is 10.2. The van der Waals surface area contributed by atoms with Crippen LogP contribution < -0.4 is 5.32 Å². The van der Waals surface area contributed by atoms with Crippen molar-refractivity contribution < 1.29 is 4.79 Å². The van der Waals surface area contributed by atoms with Gasteiger partial charge in [-0.25, -0.2) is 0 Å². The van der Waals surface area contributed by atoms with Gasteiger partial charge < -0.3 is 5.32 Å². The van der Waals surface area contributed by atoms with Gasteiger partial charge in [-0.3, -0.25) is 4.79 Å². The Morgan fingerprint density at radius 1 is 1.16 bits per heavy atom. The number of amides is 1. The summed E-state index contributed by atoms with van der Waals surface area (Å²) < 4.78 is 0. The van der Waals surface area contributed by atoms with E-state index in [1.54, 1.807) is 12.2 Å². The SMILES string of the molecule is CC(C)CNC(=O)C=CC=CCCCCC#CC=Cc1ccccc1. The van der Waals surface area contributed by atoms with Crippen molar-refractivity contribution in [3.8, 4) is 11.8 Å². The molecule has 1 rings (SSSR count). The van der Waals surface area contributed by atoms with E-state index in [1.807, 2.05) is 36.4 Å². The highest BCUT2D eigenvalue weighted by atomic mass is 16.1. The van der Waals surface area contributed by atoms with E-state index in [9.17, 15) is 4.79 Å². The van der Waals surface area contributed by atoms with E-state index in [-0.39, 0.29) is 5.91 Å². The van der Waals surface area contributed by atoms with Crippen LogP contribution in [0.5, 0.6) is 0 Å². The van der Waals surface area contributed by atoms with E-state index >= 15 is 0 Å². The van der Waals surface area contributed by atoms with Crippen molar-refractivity contribution in [1.29, 1.82) is 0 Å². The highest BCUT2D eigenvalue weighted by Gasteiger charge is 1.95. The van der Waals surface area contributed by atoms with Crippen LogP contribution in [0.3, 0.4) is 0 Å². The van der Waals surface area contributed by atoms with Gasteiger partial charge in [0.2, 0.25) is 5.91 Å². The van der Waals surface area contributed by atoms with Crippen LogP contribution in [-0.4, -0.2) is 12.5 Å². The zero-order valence-electron chi connectivity index (χ0n) is 15.4. The molecule has 0 spiro atoms. The monoisotopic (exact) mass is 335 g/mol. The maximum Gasteiger partial charge on any atom is 0.243 e. The molecular weight excluding hydrogens is 306 g/mol. The number of hydrogen-bond acceptors (Lipinski definition) is 1. The second kappa shape index (κ2) is 13.9. The first-order chi connectivity index (χ1) is 12.2. The fraction of sp³-hybridized carbons (Fsp3) is 0.348. The van der Waals surface area contributed by atoms with Crippen LogP contribution in [0.15, 0.2) is 60.7 Å². The Bertz CT molecular complexity index is 627. The first-order valence-electron chi connectivity index (χ1n) is 8.99. The van der Waals surface area contributed by atoms with E-state index < -0.39 is 0 Å². The third-order valence-electron chi connectivity index (χ3n) is 3.36. The Morgan fingerprint density at radius 2 is 1.96 bits per heavy atom. The van der Waals surface area contributed by atoms with Crippen LogP contribution >= 0.6 is 0 Å². The molecule has 0 aliphatic rings. The first kappa shape index (κ1) is 20.5. The molecule has 0 aliphatic heterocycles. The highest BCUT2D eigenvalue weighted by molar-refractivity contribution is 5.87. The fourth-order valence-electron chi connectivity index (χ4n) is 1.99. The standard InChI is InChI=1S/C23H29NO/c1-21(2)20-24-23(25)19-15-10-8-6-4-3-5-7-9-12-16-22-17-13-11-14-18-22/h8,10-19,21H,3-6,20H2,1-2H3,(H,24,25). The Hall–Kier alpha value is -2.53. The number of rotatable bonds is 9. The van der Waals surface area contributed by atoms with Crippen LogP contribution in [-0.2, 0) is 4.79 Å². The molecular formula is C23H29NO. The second-order valence-corrected chi connectivity index (χ2v) is 6.24. The Morgan fingerprint density at radius 3 is 2.72 bits per heavy atom. The minimum absolute atomic E-state index is 0.0304. The molecule has 1 aromatic carbocycles. The summed E-state index contributed by atoms with van der Waals surface area (Å²) in [5.74, 6) is 6.69. The van der Waals surface area contributed by atoms with Gasteiger partial charge in [-0.1, -0.05) is 74.2 Å². The molecule has 1 amide bonds. The molecule has 0 fully saturated rings. The van der Waals surface area contributed by atoms with Gasteiger partial charge in [-0.2, -0.15) is 0 Å². The van der Waals surface area contributed by atoms with Crippen molar-refractivity contribution >= 4 is 12.0 Å². The molecule has 0 heterocycles. The molecule has 2 heteroatoms. The van der Waals surface area contributed by atoms with Gasteiger partial charge in [0.1, 0.15) is 0 Å². The molecule has 0 aliphatic carbocycles. The number of carbonyl (C=O) groups is 1. The predicted octanol–water partition coefficient (Wildman–Crippen LogP) is 5.15. The number of allylic oxidation sites excluding steroid dienone is 4. The molecule has 1 N–H and O–H groups in total. The molecule has 0 saturated heterocycles. The molecule has 0 saturated carbocycles. The van der Waals surface area contributed by atoms with Gasteiger partial charge in [-0.15, -0.1) is 0 Å². The largest absolute Gasteiger partial charge is 0.352 e. The number of nitrogens with one attached hydrogen (secondary N) is 1. The molecule has 1 aromatic rings. The van der Waals surface area contributed by atoms with E-state index in [4.69, 9.17) is 0 Å². The van der Waals surface area contributed by atoms with Gasteiger partial charge in [0.05, 0.1) is 0 Å². The summed E-state index contributed by atoms with van der Waals surface area (Å²) in [6, 6.07) is 10.2. The molecule has 0 aromatic heterocycles. The van der Waals surface area contributed by atoms with Crippen molar-refractivity contribution in [2.45, 2.75) is 39.5 Å². The normalized spacial score (nSPS) is 11.3. The summed E-state index contributed by atoms with van der Waals surface area (Å²) in [5, 5.41) is 2.85. The maximum absolute atomic E-state index is 11.4. The van der Waals surface area contributed by atoms with Gasteiger partial charge >= 0.3 is 0 Å². The van der Waals surface area contributed by atoms with E-state index in [0.29, 0.717) is 12.5 Å². The zero-order valence-corrected chi connectivity index (χ0v) is 15.4. The third kappa shape index (κ3) is 12.5. The van der Waals surface area contributed by atoms with E-state index in [1.165, 1.54) is 5.56 Å². The summed E-state index contributed by atoms with van der Waals surface area (Å²) in [4.78, 5) is 11.4. The summed E-state index contributed by atoms with van der Waals surface area (Å²) >= 11 is 0. The van der Waals surface area contributed by atoms with Crippen LogP contribution in [0.4, 0.5) is 0 Å². The van der Waals surface area contributed by atoms with Crippen LogP contribution in [0, 0.1) is 17.8 Å². The third-order valence-corrected chi connectivity index (χ3v) is 3.36. The zero-order chi connectivity index (χ0) is 18.2. The van der Waals surface area contributed by atoms with Crippen molar-refractivity contribution in [3.05, 3.63) is 66.3 Å². The van der Waals surface area contributed by atoms with Gasteiger partial charge in [0, 0.05) is 19.0 Å². The van der Waals surface area contributed by atoms with Crippen molar-refractivity contribution in [3.63, 3.8) is 0 Å². The summed E-state index contributed by atoms with van der Waals surface area (Å²) in [5.41, 5.74) is 1.17. The molecule has 0 unspecified atom stereocenters. The maximum atomic E-state index is 11.4. The number of benzene rings is 1. The average molecular weight is 335 g/mol. The average Bonchev–Trinajstić information content (AvgIpc) is 2.61. The quantitative estimate of drug-likeness (QED) is 0.287. The van der Waals surface area contributed by atoms with Gasteiger partial charge in [-0.05, 0) is 42.9 Å². The lowest BCUT2D eigenvalue weighted by molar-refractivity contribution is -0.116. The smallest absolute Gasteiger partial charge is 0.243 e. The van der Waals surface area contributed by atoms with E-state index in [2.05, 4.69) is 49.2 Å². The molecule has 25 heavy (non-hydrogen) atoms. The van der Waals surface area contributed by atoms with Crippen LogP contribution in [0.1, 0.15) is 45.1 Å². The van der Waals surface area contributed by atoms with Gasteiger partial charge in [0.25, 0.3) is 0 Å². The van der Waals surface area contributed by atoms with Crippen molar-refractivity contribution in [2.75, 3.05) is 6.54 Å². The minimum atomic E-state index is -0.0304. The van der Waals surface area contributed by atoms with Crippen LogP contribution in [0.25, 0.3) is 6.08 Å². The predicted molar refractivity (Wildman–Crippen MR) is 108 cm³/mol. The minimum Gasteiger partial charge on any atom is -0.352 e. The summed E-state index contributed by atoms with van der Waals surface area (Å²) in [6.45, 7) is 4.87. The molecule has 132 valence electrons. The topological polar surface area (TPSA) is 29.1 Å². The summed E-state index contributed by atoms with van der Waals surface area (Å²) in [6.07, 6.45) is 15.5. The van der Waals surface area contributed by atoms with Crippen molar-refractivity contribution in [1.82, 2.24) is 5.32 Å². The lowest BCUT2D eigenvalue weighted by Gasteiger charge is -2.03. The fourth-order valence-corrected chi connectivity index (χ4v) is 1.99. The molecule has 0 radical (unpaired) electrons. The van der Waals surface area contributed by atoms with Crippen LogP contribution in [0.2, 0.25) is 0 Å². The Labute approximate surface area is 152 Å². The number of carbonyl (C=O) groups excluding carboxylic acids is 1. The van der Waals surface area contributed by atoms with Gasteiger partial charge in [0.15, 0.2) is 0 Å².